The van der Waals surface area contributed by atoms with Gasteiger partial charge in [0.15, 0.2) is 0 Å². The van der Waals surface area contributed by atoms with Crippen molar-refractivity contribution < 1.29 is 0 Å². The Labute approximate surface area is 152 Å². The quantitative estimate of drug-likeness (QED) is 0.815. The van der Waals surface area contributed by atoms with Crippen molar-refractivity contribution in [3.05, 3.63) is 40.1 Å². The number of aryl methyl sites for hydroxylation is 1. The van der Waals surface area contributed by atoms with Crippen LogP contribution < -0.4 is 5.32 Å². The second kappa shape index (κ2) is 6.54. The zero-order chi connectivity index (χ0) is 17.4. The molecule has 0 aromatic heterocycles. The molecule has 1 N–H and O–H groups in total. The van der Waals surface area contributed by atoms with E-state index in [1.807, 2.05) is 0 Å². The van der Waals surface area contributed by atoms with Crippen molar-refractivity contribution in [2.24, 2.45) is 0 Å². The second-order valence-electron chi connectivity index (χ2n) is 8.12. The number of nitrogens with zero attached hydrogens (tertiary/aromatic N) is 1. The third-order valence-electron chi connectivity index (χ3n) is 6.65. The highest BCUT2D eigenvalue weighted by Gasteiger charge is 2.46. The summed E-state index contributed by atoms with van der Waals surface area (Å²) < 4.78 is 0. The van der Waals surface area contributed by atoms with Crippen molar-refractivity contribution in [2.45, 2.75) is 63.8 Å². The number of allylic oxidation sites excluding steroid dienone is 1. The largest absolute Gasteiger partial charge is 0.391 e. The molecule has 0 amide bonds. The molecule has 1 atom stereocenters. The fourth-order valence-electron chi connectivity index (χ4n) is 4.84. The minimum Gasteiger partial charge on any atom is -0.391 e. The molecule has 4 rings (SSSR count). The average molecular weight is 335 g/mol. The molecule has 2 nitrogen and oxygen atoms in total. The van der Waals surface area contributed by atoms with Gasteiger partial charge >= 0.3 is 0 Å². The Hall–Kier alpha value is -1.72. The first-order valence-electron chi connectivity index (χ1n) is 9.92. The number of benzene rings is 1. The summed E-state index contributed by atoms with van der Waals surface area (Å²) in [7, 11) is 2.06. The lowest BCUT2D eigenvalue weighted by Gasteiger charge is -2.42. The summed E-state index contributed by atoms with van der Waals surface area (Å²) in [6.45, 7) is 6.66. The molecule has 25 heavy (non-hydrogen) atoms. The lowest BCUT2D eigenvalue weighted by atomic mass is 9.64. The maximum absolute atomic E-state index is 3.47. The van der Waals surface area contributed by atoms with Crippen molar-refractivity contribution in [3.8, 4) is 11.8 Å². The lowest BCUT2D eigenvalue weighted by Crippen LogP contribution is -2.38. The normalized spacial score (nSPS) is 24.1. The number of likely N-dealkylation sites (N-methyl/N-ethyl adjacent to an activating group) is 1. The van der Waals surface area contributed by atoms with Crippen molar-refractivity contribution in [3.63, 3.8) is 0 Å². The zero-order valence-electron chi connectivity index (χ0n) is 15.9. The van der Waals surface area contributed by atoms with E-state index in [1.165, 1.54) is 73.0 Å². The molecule has 2 heteroatoms. The molecule has 0 bridgehead atoms. The van der Waals surface area contributed by atoms with Crippen molar-refractivity contribution in [1.82, 2.24) is 10.2 Å². The molecule has 1 aromatic carbocycles. The van der Waals surface area contributed by atoms with Crippen LogP contribution in [0.1, 0.15) is 67.7 Å². The van der Waals surface area contributed by atoms with E-state index in [0.29, 0.717) is 6.04 Å². The number of nitrogens with one attached hydrogen (secondary N) is 1. The van der Waals surface area contributed by atoms with Crippen molar-refractivity contribution in [2.75, 3.05) is 20.1 Å². The number of hydrogen-bond acceptors (Lipinski definition) is 2. The standard InChI is InChI=1S/C23H30N2/c1-17-14-21-20(16-22(24-3)23(21)10-7-11-23)15-19(17)9-6-13-25-12-5-4-8-18(25)2/h14-16,18,24H,4-5,7-8,10-13H2,1-3H3/t18-/m1/s1. The minimum atomic E-state index is 0.282. The molecule has 1 saturated carbocycles. The predicted octanol–water partition coefficient (Wildman–Crippen LogP) is 4.22. The summed E-state index contributed by atoms with van der Waals surface area (Å²) in [5, 5.41) is 3.45. The van der Waals surface area contributed by atoms with E-state index >= 15 is 0 Å². The first-order chi connectivity index (χ1) is 12.1. The fourth-order valence-corrected chi connectivity index (χ4v) is 4.84. The molecular weight excluding hydrogens is 304 g/mol. The number of hydrogen-bond donors (Lipinski definition) is 1. The Morgan fingerprint density at radius 1 is 1.24 bits per heavy atom. The molecule has 0 unspecified atom stereocenters. The third kappa shape index (κ3) is 2.79. The van der Waals surface area contributed by atoms with E-state index in [2.05, 4.69) is 61.2 Å². The van der Waals surface area contributed by atoms with Gasteiger partial charge in [-0.15, -0.1) is 0 Å². The Bertz CT molecular complexity index is 758. The Morgan fingerprint density at radius 2 is 2.08 bits per heavy atom. The van der Waals surface area contributed by atoms with Crippen molar-refractivity contribution in [1.29, 1.82) is 0 Å². The maximum Gasteiger partial charge on any atom is 0.0607 e. The van der Waals surface area contributed by atoms with Gasteiger partial charge in [-0.1, -0.05) is 30.7 Å². The van der Waals surface area contributed by atoms with Gasteiger partial charge in [-0.3, -0.25) is 4.90 Å². The average Bonchev–Trinajstić information content (AvgIpc) is 2.90. The molecule has 1 saturated heterocycles. The van der Waals surface area contributed by atoms with Gasteiger partial charge in [0.2, 0.25) is 0 Å². The molecule has 1 spiro atoms. The Kier molecular flexibility index (Phi) is 4.38. The Morgan fingerprint density at radius 3 is 2.76 bits per heavy atom. The molecule has 0 radical (unpaired) electrons. The molecule has 2 aliphatic carbocycles. The van der Waals surface area contributed by atoms with Crippen LogP contribution in [0.2, 0.25) is 0 Å². The first kappa shape index (κ1) is 16.7. The van der Waals surface area contributed by atoms with Crippen LogP contribution in [0.5, 0.6) is 0 Å². The smallest absolute Gasteiger partial charge is 0.0607 e. The fraction of sp³-hybridized carbons (Fsp3) is 0.565. The SMILES string of the molecule is CNC1=Cc2cc(C#CCN3CCCC[C@H]3C)c(C)cc2C12CCC2. The first-order valence-corrected chi connectivity index (χ1v) is 9.92. The van der Waals surface area contributed by atoms with Crippen LogP contribution in [0.25, 0.3) is 6.08 Å². The summed E-state index contributed by atoms with van der Waals surface area (Å²) in [4.78, 5) is 2.53. The molecule has 1 aliphatic heterocycles. The van der Waals surface area contributed by atoms with Gasteiger partial charge < -0.3 is 5.32 Å². The summed E-state index contributed by atoms with van der Waals surface area (Å²) in [5.74, 6) is 6.91. The summed E-state index contributed by atoms with van der Waals surface area (Å²) >= 11 is 0. The van der Waals surface area contributed by atoms with Gasteiger partial charge in [-0.2, -0.15) is 0 Å². The number of likely N-dealkylation sites (tertiary alicyclic amines) is 1. The number of rotatable bonds is 2. The highest BCUT2D eigenvalue weighted by atomic mass is 15.1. The van der Waals surface area contributed by atoms with E-state index in [9.17, 15) is 0 Å². The van der Waals surface area contributed by atoms with Gasteiger partial charge in [-0.25, -0.2) is 0 Å². The van der Waals surface area contributed by atoms with E-state index in [1.54, 1.807) is 0 Å². The van der Waals surface area contributed by atoms with Crippen LogP contribution in [0, 0.1) is 18.8 Å². The molecule has 132 valence electrons. The molecular formula is C23H30N2. The van der Waals surface area contributed by atoms with Gasteiger partial charge in [-0.05, 0) is 74.9 Å². The monoisotopic (exact) mass is 334 g/mol. The lowest BCUT2D eigenvalue weighted by molar-refractivity contribution is 0.182. The van der Waals surface area contributed by atoms with Gasteiger partial charge in [0.1, 0.15) is 0 Å². The third-order valence-corrected chi connectivity index (χ3v) is 6.65. The van der Waals surface area contributed by atoms with E-state index in [-0.39, 0.29) is 5.41 Å². The molecule has 1 aromatic rings. The summed E-state index contributed by atoms with van der Waals surface area (Å²) in [6.07, 6.45) is 10.3. The predicted molar refractivity (Wildman–Crippen MR) is 106 cm³/mol. The zero-order valence-corrected chi connectivity index (χ0v) is 15.9. The van der Waals surface area contributed by atoms with Gasteiger partial charge in [0.25, 0.3) is 0 Å². The molecule has 1 heterocycles. The van der Waals surface area contributed by atoms with Crippen molar-refractivity contribution >= 4 is 6.08 Å². The highest BCUT2D eigenvalue weighted by Crippen LogP contribution is 2.54. The summed E-state index contributed by atoms with van der Waals surface area (Å²) in [5.41, 5.74) is 7.12. The van der Waals surface area contributed by atoms with E-state index in [4.69, 9.17) is 0 Å². The summed E-state index contributed by atoms with van der Waals surface area (Å²) in [6, 6.07) is 5.41. The number of fused-ring (bicyclic) bond motifs is 2. The molecule has 3 aliphatic rings. The van der Waals surface area contributed by atoms with E-state index in [0.717, 1.165) is 6.54 Å². The van der Waals surface area contributed by atoms with Crippen LogP contribution >= 0.6 is 0 Å². The van der Waals surface area contributed by atoms with Gasteiger partial charge in [0, 0.05) is 29.8 Å². The Balaban J connectivity index is 1.57. The van der Waals surface area contributed by atoms with Crippen LogP contribution in [0.3, 0.4) is 0 Å². The highest BCUT2D eigenvalue weighted by molar-refractivity contribution is 5.72. The van der Waals surface area contributed by atoms with Crippen LogP contribution in [-0.2, 0) is 5.41 Å². The topological polar surface area (TPSA) is 15.3 Å². The van der Waals surface area contributed by atoms with E-state index < -0.39 is 0 Å². The number of piperidine rings is 1. The van der Waals surface area contributed by atoms with Crippen LogP contribution in [-0.4, -0.2) is 31.1 Å². The molecule has 2 fully saturated rings. The maximum atomic E-state index is 3.47. The van der Waals surface area contributed by atoms with Crippen LogP contribution in [0.4, 0.5) is 0 Å². The second-order valence-corrected chi connectivity index (χ2v) is 8.12. The van der Waals surface area contributed by atoms with Crippen LogP contribution in [0.15, 0.2) is 17.8 Å². The van der Waals surface area contributed by atoms with Gasteiger partial charge in [0.05, 0.1) is 6.54 Å². The minimum absolute atomic E-state index is 0.282.